The van der Waals surface area contributed by atoms with Gasteiger partial charge in [-0.25, -0.2) is 0 Å². The first-order valence-corrected chi connectivity index (χ1v) is 6.84. The fourth-order valence-electron chi connectivity index (χ4n) is 1.91. The number of nitrogens with two attached hydrogens (primary N) is 1. The summed E-state index contributed by atoms with van der Waals surface area (Å²) in [4.78, 5) is 14.7. The Morgan fingerprint density at radius 1 is 1.56 bits per heavy atom. The van der Waals surface area contributed by atoms with Crippen molar-refractivity contribution in [3.8, 4) is 0 Å². The number of nitrogens with one attached hydrogen (secondary N) is 1. The van der Waals surface area contributed by atoms with Gasteiger partial charge in [0.1, 0.15) is 6.04 Å². The Labute approximate surface area is 107 Å². The number of carbonyl (C=O) groups excluding carboxylic acids is 1. The quantitative estimate of drug-likeness (QED) is 0.874. The van der Waals surface area contributed by atoms with Crippen LogP contribution in [0.25, 0.3) is 0 Å². The minimum Gasteiger partial charge on any atom is -0.368 e. The molecule has 1 aliphatic heterocycles. The lowest BCUT2D eigenvalue weighted by Crippen LogP contribution is -2.48. The summed E-state index contributed by atoms with van der Waals surface area (Å²) < 4.78 is 1.01. The van der Waals surface area contributed by atoms with Crippen LogP contribution in [-0.4, -0.2) is 37.0 Å². The molecule has 2 rings (SSSR count). The molecule has 3 N–H and O–H groups in total. The summed E-state index contributed by atoms with van der Waals surface area (Å²) >= 11 is 4.97. The van der Waals surface area contributed by atoms with Gasteiger partial charge in [-0.1, -0.05) is 0 Å². The van der Waals surface area contributed by atoms with Crippen molar-refractivity contribution in [3.05, 3.63) is 20.8 Å². The predicted octanol–water partition coefficient (Wildman–Crippen LogP) is 0.942. The van der Waals surface area contributed by atoms with Gasteiger partial charge in [-0.2, -0.15) is 0 Å². The molecule has 1 fully saturated rings. The second-order valence-electron chi connectivity index (χ2n) is 3.76. The van der Waals surface area contributed by atoms with E-state index in [2.05, 4.69) is 26.1 Å². The molecule has 88 valence electrons. The van der Waals surface area contributed by atoms with Crippen LogP contribution in [0.4, 0.5) is 0 Å². The van der Waals surface area contributed by atoms with E-state index in [9.17, 15) is 4.79 Å². The molecular weight excluding hydrogens is 290 g/mol. The lowest BCUT2D eigenvalue weighted by Gasteiger charge is -2.32. The highest BCUT2D eigenvalue weighted by Gasteiger charge is 2.27. The molecule has 0 aromatic carbocycles. The third-order valence-corrected chi connectivity index (χ3v) is 4.39. The number of halogens is 1. The standard InChI is InChI=1S/C10H14BrN3OS/c11-7-5-8(16-6-7)9(10(12)15)14-3-1-13-2-4-14/h5-6,9,13H,1-4H2,(H2,12,15). The van der Waals surface area contributed by atoms with E-state index in [0.717, 1.165) is 35.5 Å². The molecule has 0 spiro atoms. The number of rotatable bonds is 3. The minimum absolute atomic E-state index is 0.267. The molecule has 6 heteroatoms. The van der Waals surface area contributed by atoms with Gasteiger partial charge in [0.05, 0.1) is 0 Å². The molecule has 1 aromatic rings. The van der Waals surface area contributed by atoms with E-state index in [0.29, 0.717) is 0 Å². The van der Waals surface area contributed by atoms with E-state index in [1.54, 1.807) is 11.3 Å². The number of primary amides is 1. The average molecular weight is 304 g/mol. The molecule has 1 aliphatic rings. The highest BCUT2D eigenvalue weighted by atomic mass is 79.9. The van der Waals surface area contributed by atoms with E-state index in [1.165, 1.54) is 0 Å². The smallest absolute Gasteiger partial charge is 0.240 e. The summed E-state index contributed by atoms with van der Waals surface area (Å²) in [5.74, 6) is -0.267. The van der Waals surface area contributed by atoms with Crippen LogP contribution in [0.15, 0.2) is 15.9 Å². The van der Waals surface area contributed by atoms with Crippen molar-refractivity contribution in [2.24, 2.45) is 5.73 Å². The number of amides is 1. The van der Waals surface area contributed by atoms with E-state index >= 15 is 0 Å². The molecule has 1 aromatic heterocycles. The van der Waals surface area contributed by atoms with Crippen LogP contribution in [-0.2, 0) is 4.79 Å². The number of hydrogen-bond acceptors (Lipinski definition) is 4. The Hall–Kier alpha value is -0.430. The first kappa shape index (κ1) is 12.0. The van der Waals surface area contributed by atoms with Crippen LogP contribution in [0.2, 0.25) is 0 Å². The molecular formula is C10H14BrN3OS. The third-order valence-electron chi connectivity index (χ3n) is 2.64. The maximum Gasteiger partial charge on any atom is 0.240 e. The SMILES string of the molecule is NC(=O)C(c1cc(Br)cs1)N1CCNCC1. The topological polar surface area (TPSA) is 58.4 Å². The summed E-state index contributed by atoms with van der Waals surface area (Å²) in [6.07, 6.45) is 0. The van der Waals surface area contributed by atoms with Crippen LogP contribution < -0.4 is 11.1 Å². The number of hydrogen-bond donors (Lipinski definition) is 2. The Kier molecular flexibility index (Phi) is 3.96. The Morgan fingerprint density at radius 3 is 2.75 bits per heavy atom. The molecule has 1 saturated heterocycles. The van der Waals surface area contributed by atoms with Crippen LogP contribution in [0.5, 0.6) is 0 Å². The maximum absolute atomic E-state index is 11.6. The summed E-state index contributed by atoms with van der Waals surface area (Å²) in [5.41, 5.74) is 5.50. The van der Waals surface area contributed by atoms with E-state index in [1.807, 2.05) is 11.4 Å². The van der Waals surface area contributed by atoms with Crippen LogP contribution in [0, 0.1) is 0 Å². The second-order valence-corrected chi connectivity index (χ2v) is 5.62. The highest BCUT2D eigenvalue weighted by molar-refractivity contribution is 9.10. The van der Waals surface area contributed by atoms with E-state index in [4.69, 9.17) is 5.73 Å². The molecule has 0 aliphatic carbocycles. The first-order valence-electron chi connectivity index (χ1n) is 5.16. The maximum atomic E-state index is 11.6. The van der Waals surface area contributed by atoms with E-state index < -0.39 is 0 Å². The Balaban J connectivity index is 2.19. The number of nitrogens with zero attached hydrogens (tertiary/aromatic N) is 1. The number of thiophene rings is 1. The largest absolute Gasteiger partial charge is 0.368 e. The molecule has 0 bridgehead atoms. The molecule has 2 heterocycles. The van der Waals surface area contributed by atoms with Crippen LogP contribution in [0.1, 0.15) is 10.9 Å². The summed E-state index contributed by atoms with van der Waals surface area (Å²) in [6.45, 7) is 3.55. The molecule has 0 radical (unpaired) electrons. The second kappa shape index (κ2) is 5.27. The molecule has 1 unspecified atom stereocenters. The first-order chi connectivity index (χ1) is 7.68. The van der Waals surface area contributed by atoms with Gasteiger partial charge in [0.25, 0.3) is 0 Å². The highest BCUT2D eigenvalue weighted by Crippen LogP contribution is 2.29. The van der Waals surface area contributed by atoms with Gasteiger partial charge in [0.2, 0.25) is 5.91 Å². The molecule has 4 nitrogen and oxygen atoms in total. The zero-order chi connectivity index (χ0) is 11.5. The predicted molar refractivity (Wildman–Crippen MR) is 68.4 cm³/mol. The van der Waals surface area contributed by atoms with Gasteiger partial charge in [-0.15, -0.1) is 11.3 Å². The van der Waals surface area contributed by atoms with Crippen molar-refractivity contribution >= 4 is 33.2 Å². The van der Waals surface area contributed by atoms with Gasteiger partial charge in [0.15, 0.2) is 0 Å². The fourth-order valence-corrected chi connectivity index (χ4v) is 3.50. The lowest BCUT2D eigenvalue weighted by atomic mass is 10.1. The summed E-state index contributed by atoms with van der Waals surface area (Å²) in [6, 6.07) is 1.70. The average Bonchev–Trinajstić information content (AvgIpc) is 2.66. The number of carbonyl (C=O) groups is 1. The van der Waals surface area contributed by atoms with Gasteiger partial charge in [-0.05, 0) is 22.0 Å². The van der Waals surface area contributed by atoms with Crippen molar-refractivity contribution < 1.29 is 4.79 Å². The van der Waals surface area contributed by atoms with Crippen molar-refractivity contribution in [2.45, 2.75) is 6.04 Å². The van der Waals surface area contributed by atoms with Crippen molar-refractivity contribution in [2.75, 3.05) is 26.2 Å². The minimum atomic E-state index is -0.279. The fraction of sp³-hybridized carbons (Fsp3) is 0.500. The van der Waals surface area contributed by atoms with Crippen molar-refractivity contribution in [1.82, 2.24) is 10.2 Å². The number of piperazine rings is 1. The molecule has 1 amide bonds. The Morgan fingerprint density at radius 2 is 2.25 bits per heavy atom. The molecule has 0 saturated carbocycles. The molecule has 16 heavy (non-hydrogen) atoms. The zero-order valence-corrected chi connectivity index (χ0v) is 11.2. The zero-order valence-electron chi connectivity index (χ0n) is 8.78. The monoisotopic (exact) mass is 303 g/mol. The normalized spacial score (nSPS) is 19.6. The Bertz CT molecular complexity index is 376. The van der Waals surface area contributed by atoms with Crippen molar-refractivity contribution in [3.63, 3.8) is 0 Å². The van der Waals surface area contributed by atoms with Crippen LogP contribution >= 0.6 is 27.3 Å². The van der Waals surface area contributed by atoms with Gasteiger partial charge < -0.3 is 11.1 Å². The van der Waals surface area contributed by atoms with Gasteiger partial charge >= 0.3 is 0 Å². The van der Waals surface area contributed by atoms with Gasteiger partial charge in [0, 0.05) is 40.9 Å². The van der Waals surface area contributed by atoms with Crippen LogP contribution in [0.3, 0.4) is 0 Å². The van der Waals surface area contributed by atoms with Crippen molar-refractivity contribution in [1.29, 1.82) is 0 Å². The lowest BCUT2D eigenvalue weighted by molar-refractivity contribution is -0.123. The summed E-state index contributed by atoms with van der Waals surface area (Å²) in [5, 5.41) is 5.25. The van der Waals surface area contributed by atoms with E-state index in [-0.39, 0.29) is 11.9 Å². The van der Waals surface area contributed by atoms with Gasteiger partial charge in [-0.3, -0.25) is 9.69 Å². The summed E-state index contributed by atoms with van der Waals surface area (Å²) in [7, 11) is 0. The molecule has 1 atom stereocenters. The third kappa shape index (κ3) is 2.63.